The highest BCUT2D eigenvalue weighted by Gasteiger charge is 2.07. The lowest BCUT2D eigenvalue weighted by atomic mass is 10.2. The molecular formula is C13H20FN3O. The number of carbonyl (C=O) groups excluding carboxylic acids is 1. The molecule has 0 radical (unpaired) electrons. The summed E-state index contributed by atoms with van der Waals surface area (Å²) >= 11 is 0. The Bertz CT molecular complexity index is 407. The van der Waals surface area contributed by atoms with Gasteiger partial charge in [0.2, 0.25) is 0 Å². The molecule has 18 heavy (non-hydrogen) atoms. The van der Waals surface area contributed by atoms with E-state index in [9.17, 15) is 9.18 Å². The van der Waals surface area contributed by atoms with Gasteiger partial charge in [-0.1, -0.05) is 0 Å². The number of halogens is 1. The van der Waals surface area contributed by atoms with E-state index >= 15 is 0 Å². The molecule has 0 spiro atoms. The molecule has 1 amide bonds. The number of hydrogen-bond acceptors (Lipinski definition) is 3. The summed E-state index contributed by atoms with van der Waals surface area (Å²) in [6, 6.07) is 3.99. The van der Waals surface area contributed by atoms with Crippen molar-refractivity contribution in [2.24, 2.45) is 0 Å². The van der Waals surface area contributed by atoms with Crippen molar-refractivity contribution in [3.8, 4) is 0 Å². The Balaban J connectivity index is 2.34. The minimum absolute atomic E-state index is 0.00439. The molecule has 0 heterocycles. The second-order valence-electron chi connectivity index (χ2n) is 4.50. The minimum atomic E-state index is -0.502. The van der Waals surface area contributed by atoms with Crippen molar-refractivity contribution in [3.05, 3.63) is 29.6 Å². The number of unbranched alkanes of at least 4 members (excludes halogenated alkanes) is 1. The molecule has 0 aliphatic heterocycles. The van der Waals surface area contributed by atoms with Crippen molar-refractivity contribution in [2.75, 3.05) is 32.9 Å². The first-order valence-electron chi connectivity index (χ1n) is 5.98. The fourth-order valence-corrected chi connectivity index (χ4v) is 1.54. The maximum atomic E-state index is 12.9. The lowest BCUT2D eigenvalue weighted by Gasteiger charge is -2.09. The number of nitrogens with one attached hydrogen (secondary N) is 1. The molecule has 1 aromatic rings. The monoisotopic (exact) mass is 253 g/mol. The van der Waals surface area contributed by atoms with E-state index in [2.05, 4.69) is 10.2 Å². The van der Waals surface area contributed by atoms with Crippen LogP contribution < -0.4 is 11.1 Å². The van der Waals surface area contributed by atoms with E-state index in [4.69, 9.17) is 5.73 Å². The van der Waals surface area contributed by atoms with Crippen molar-refractivity contribution in [2.45, 2.75) is 12.8 Å². The van der Waals surface area contributed by atoms with Crippen LogP contribution in [0.5, 0.6) is 0 Å². The number of rotatable bonds is 6. The number of amides is 1. The number of carbonyl (C=O) groups is 1. The van der Waals surface area contributed by atoms with Crippen LogP contribution in [0.1, 0.15) is 23.2 Å². The molecule has 0 bridgehead atoms. The highest BCUT2D eigenvalue weighted by Crippen LogP contribution is 2.11. The summed E-state index contributed by atoms with van der Waals surface area (Å²) in [5.41, 5.74) is 5.79. The molecule has 0 saturated carbocycles. The third kappa shape index (κ3) is 4.71. The number of nitrogen functional groups attached to an aromatic ring is 1. The number of nitrogens with zero attached hydrogens (tertiary/aromatic N) is 1. The first kappa shape index (κ1) is 14.4. The van der Waals surface area contributed by atoms with Gasteiger partial charge in [0.25, 0.3) is 5.91 Å². The van der Waals surface area contributed by atoms with Crippen LogP contribution in [0.4, 0.5) is 10.1 Å². The van der Waals surface area contributed by atoms with Gasteiger partial charge >= 0.3 is 0 Å². The fourth-order valence-electron chi connectivity index (χ4n) is 1.54. The topological polar surface area (TPSA) is 58.4 Å². The highest BCUT2D eigenvalue weighted by molar-refractivity contribution is 5.94. The Labute approximate surface area is 107 Å². The van der Waals surface area contributed by atoms with Crippen molar-refractivity contribution in [1.29, 1.82) is 0 Å². The standard InChI is InChI=1S/C13H20FN3O/c1-17(2)8-4-3-7-16-13(18)10-5-6-11(14)12(15)9-10/h5-6,9H,3-4,7-8,15H2,1-2H3,(H,16,18). The van der Waals surface area contributed by atoms with Gasteiger partial charge in [-0.15, -0.1) is 0 Å². The maximum absolute atomic E-state index is 12.9. The fraction of sp³-hybridized carbons (Fsp3) is 0.462. The summed E-state index contributed by atoms with van der Waals surface area (Å²) in [5.74, 6) is -0.718. The molecule has 100 valence electrons. The van der Waals surface area contributed by atoms with E-state index in [1.807, 2.05) is 14.1 Å². The van der Waals surface area contributed by atoms with Crippen molar-refractivity contribution in [3.63, 3.8) is 0 Å². The largest absolute Gasteiger partial charge is 0.396 e. The molecule has 3 N–H and O–H groups in total. The van der Waals surface area contributed by atoms with E-state index < -0.39 is 5.82 Å². The summed E-state index contributed by atoms with van der Waals surface area (Å²) in [6.45, 7) is 1.61. The van der Waals surface area contributed by atoms with Crippen LogP contribution in [0.25, 0.3) is 0 Å². The Hall–Kier alpha value is -1.62. The molecule has 0 fully saturated rings. The Kier molecular flexibility index (Phi) is 5.58. The average molecular weight is 253 g/mol. The van der Waals surface area contributed by atoms with Gasteiger partial charge in [0, 0.05) is 12.1 Å². The van der Waals surface area contributed by atoms with E-state index in [0.29, 0.717) is 12.1 Å². The second kappa shape index (κ2) is 6.96. The van der Waals surface area contributed by atoms with Crippen molar-refractivity contribution >= 4 is 11.6 Å². The molecule has 1 aromatic carbocycles. The third-order valence-electron chi connectivity index (χ3n) is 2.58. The van der Waals surface area contributed by atoms with E-state index in [1.165, 1.54) is 18.2 Å². The Morgan fingerprint density at radius 1 is 1.39 bits per heavy atom. The molecule has 0 aliphatic carbocycles. The van der Waals surface area contributed by atoms with Crippen LogP contribution >= 0.6 is 0 Å². The van der Waals surface area contributed by atoms with E-state index in [-0.39, 0.29) is 11.6 Å². The zero-order valence-electron chi connectivity index (χ0n) is 10.9. The van der Waals surface area contributed by atoms with Gasteiger partial charge in [-0.25, -0.2) is 4.39 Å². The number of benzene rings is 1. The zero-order chi connectivity index (χ0) is 13.5. The van der Waals surface area contributed by atoms with Crippen molar-refractivity contribution < 1.29 is 9.18 Å². The molecule has 0 aliphatic rings. The van der Waals surface area contributed by atoms with Crippen LogP contribution in [-0.4, -0.2) is 38.0 Å². The zero-order valence-corrected chi connectivity index (χ0v) is 10.9. The summed E-state index contributed by atoms with van der Waals surface area (Å²) in [5, 5.41) is 2.78. The molecule has 1 rings (SSSR count). The van der Waals surface area contributed by atoms with Gasteiger partial charge in [0.15, 0.2) is 0 Å². The van der Waals surface area contributed by atoms with Crippen molar-refractivity contribution in [1.82, 2.24) is 10.2 Å². The van der Waals surface area contributed by atoms with Gasteiger partial charge in [0.1, 0.15) is 5.82 Å². The molecule has 0 unspecified atom stereocenters. The predicted molar refractivity (Wildman–Crippen MR) is 70.9 cm³/mol. The summed E-state index contributed by atoms with van der Waals surface area (Å²) in [4.78, 5) is 13.8. The first-order valence-corrected chi connectivity index (χ1v) is 5.98. The molecule has 0 aromatic heterocycles. The normalized spacial score (nSPS) is 10.7. The van der Waals surface area contributed by atoms with Gasteiger partial charge in [-0.3, -0.25) is 4.79 Å². The van der Waals surface area contributed by atoms with Crippen LogP contribution in [0.3, 0.4) is 0 Å². The highest BCUT2D eigenvalue weighted by atomic mass is 19.1. The Morgan fingerprint density at radius 3 is 2.72 bits per heavy atom. The van der Waals surface area contributed by atoms with Gasteiger partial charge in [-0.05, 0) is 51.7 Å². The molecule has 4 nitrogen and oxygen atoms in total. The lowest BCUT2D eigenvalue weighted by molar-refractivity contribution is 0.0953. The minimum Gasteiger partial charge on any atom is -0.396 e. The average Bonchev–Trinajstić information content (AvgIpc) is 2.31. The van der Waals surface area contributed by atoms with Crippen LogP contribution in [0.2, 0.25) is 0 Å². The smallest absolute Gasteiger partial charge is 0.251 e. The number of nitrogens with two attached hydrogens (primary N) is 1. The van der Waals surface area contributed by atoms with Crippen LogP contribution in [0.15, 0.2) is 18.2 Å². The third-order valence-corrected chi connectivity index (χ3v) is 2.58. The maximum Gasteiger partial charge on any atom is 0.251 e. The SMILES string of the molecule is CN(C)CCCCNC(=O)c1ccc(F)c(N)c1. The van der Waals surface area contributed by atoms with Crippen LogP contribution in [-0.2, 0) is 0 Å². The Morgan fingerprint density at radius 2 is 2.11 bits per heavy atom. The lowest BCUT2D eigenvalue weighted by Crippen LogP contribution is -2.25. The molecule has 0 atom stereocenters. The molecular weight excluding hydrogens is 233 g/mol. The number of anilines is 1. The molecule has 0 saturated heterocycles. The molecule has 5 heteroatoms. The summed E-state index contributed by atoms with van der Waals surface area (Å²) in [6.07, 6.45) is 1.94. The van der Waals surface area contributed by atoms with E-state index in [0.717, 1.165) is 19.4 Å². The summed E-state index contributed by atoms with van der Waals surface area (Å²) < 4.78 is 12.9. The van der Waals surface area contributed by atoms with Crippen LogP contribution in [0, 0.1) is 5.82 Å². The van der Waals surface area contributed by atoms with Gasteiger partial charge in [-0.2, -0.15) is 0 Å². The first-order chi connectivity index (χ1) is 8.50. The van der Waals surface area contributed by atoms with E-state index in [1.54, 1.807) is 0 Å². The summed E-state index contributed by atoms with van der Waals surface area (Å²) in [7, 11) is 4.03. The number of hydrogen-bond donors (Lipinski definition) is 2. The quantitative estimate of drug-likeness (QED) is 0.596. The second-order valence-corrected chi connectivity index (χ2v) is 4.50. The van der Waals surface area contributed by atoms with Gasteiger partial charge < -0.3 is 16.0 Å². The predicted octanol–water partition coefficient (Wildman–Crippen LogP) is 1.48. The van der Waals surface area contributed by atoms with Gasteiger partial charge in [0.05, 0.1) is 5.69 Å².